The zero-order valence-electron chi connectivity index (χ0n) is 11.7. The van der Waals surface area contributed by atoms with Crippen molar-refractivity contribution in [2.75, 3.05) is 26.8 Å². The lowest BCUT2D eigenvalue weighted by Crippen LogP contribution is -2.45. The quantitative estimate of drug-likeness (QED) is 0.569. The molecular formula is C13H28N2O2. The molecule has 0 amide bonds. The van der Waals surface area contributed by atoms with Crippen LogP contribution in [0.15, 0.2) is 0 Å². The first-order valence-corrected chi connectivity index (χ1v) is 6.46. The largest absolute Gasteiger partial charge is 0.383 e. The van der Waals surface area contributed by atoms with Crippen LogP contribution >= 0.6 is 0 Å². The number of rotatable bonds is 10. The minimum absolute atomic E-state index is 0.0938. The van der Waals surface area contributed by atoms with Crippen LogP contribution in [0.5, 0.6) is 0 Å². The Morgan fingerprint density at radius 2 is 2.12 bits per heavy atom. The Labute approximate surface area is 105 Å². The van der Waals surface area contributed by atoms with Crippen LogP contribution in [0.2, 0.25) is 0 Å². The molecule has 0 aromatic rings. The molecule has 3 N–H and O–H groups in total. The number of hydrogen-bond acceptors (Lipinski definition) is 4. The van der Waals surface area contributed by atoms with Gasteiger partial charge >= 0.3 is 0 Å². The molecule has 0 aromatic heterocycles. The maximum absolute atomic E-state index is 12.4. The molecular weight excluding hydrogens is 216 g/mol. The molecule has 102 valence electrons. The Kier molecular flexibility index (Phi) is 8.39. The second kappa shape index (κ2) is 8.61. The molecule has 0 saturated heterocycles. The second-order valence-corrected chi connectivity index (χ2v) is 5.03. The third-order valence-corrected chi connectivity index (χ3v) is 3.26. The first-order chi connectivity index (χ1) is 7.99. The van der Waals surface area contributed by atoms with Gasteiger partial charge in [0.15, 0.2) is 5.78 Å². The number of nitrogens with one attached hydrogen (secondary N) is 1. The van der Waals surface area contributed by atoms with E-state index in [9.17, 15) is 4.79 Å². The third-order valence-electron chi connectivity index (χ3n) is 3.26. The molecule has 4 heteroatoms. The lowest BCUT2D eigenvalue weighted by molar-refractivity contribution is -0.129. The lowest BCUT2D eigenvalue weighted by atomic mass is 9.80. The van der Waals surface area contributed by atoms with E-state index < -0.39 is 0 Å². The predicted molar refractivity (Wildman–Crippen MR) is 71.0 cm³/mol. The first-order valence-electron chi connectivity index (χ1n) is 6.46. The highest BCUT2D eigenvalue weighted by atomic mass is 16.5. The monoisotopic (exact) mass is 244 g/mol. The Balaban J connectivity index is 4.39. The van der Waals surface area contributed by atoms with Gasteiger partial charge in [-0.2, -0.15) is 0 Å². The highest BCUT2D eigenvalue weighted by Crippen LogP contribution is 2.24. The maximum atomic E-state index is 12.4. The van der Waals surface area contributed by atoms with E-state index in [-0.39, 0.29) is 17.2 Å². The summed E-state index contributed by atoms with van der Waals surface area (Å²) < 4.78 is 4.99. The summed E-state index contributed by atoms with van der Waals surface area (Å²) in [5.41, 5.74) is 5.25. The van der Waals surface area contributed by atoms with Crippen molar-refractivity contribution in [1.82, 2.24) is 5.32 Å². The number of methoxy groups -OCH3 is 1. The van der Waals surface area contributed by atoms with Gasteiger partial charge in [0.05, 0.1) is 12.6 Å². The third kappa shape index (κ3) is 6.15. The van der Waals surface area contributed by atoms with Crippen molar-refractivity contribution in [2.24, 2.45) is 11.1 Å². The summed E-state index contributed by atoms with van der Waals surface area (Å²) in [6, 6.07) is -0.0938. The Morgan fingerprint density at radius 3 is 2.59 bits per heavy atom. The molecule has 0 heterocycles. The zero-order valence-corrected chi connectivity index (χ0v) is 11.7. The molecule has 0 fully saturated rings. The fourth-order valence-corrected chi connectivity index (χ4v) is 1.63. The van der Waals surface area contributed by atoms with Crippen molar-refractivity contribution < 1.29 is 9.53 Å². The summed E-state index contributed by atoms with van der Waals surface area (Å²) in [5, 5.41) is 3.27. The van der Waals surface area contributed by atoms with E-state index in [1.165, 1.54) is 0 Å². The standard InChI is InChI=1S/C13H28N2O2/c1-5-13(2,3)12(16)11(7-6-8-14)15-9-10-17-4/h11,15H,5-10,14H2,1-4H3. The molecule has 0 rings (SSSR count). The lowest BCUT2D eigenvalue weighted by Gasteiger charge is -2.28. The van der Waals surface area contributed by atoms with Crippen molar-refractivity contribution in [3.8, 4) is 0 Å². The highest BCUT2D eigenvalue weighted by Gasteiger charge is 2.31. The number of nitrogens with two attached hydrogens (primary N) is 1. The average Bonchev–Trinajstić information content (AvgIpc) is 2.32. The van der Waals surface area contributed by atoms with Gasteiger partial charge in [0.25, 0.3) is 0 Å². The van der Waals surface area contributed by atoms with Crippen LogP contribution in [0.1, 0.15) is 40.0 Å². The molecule has 1 unspecified atom stereocenters. The summed E-state index contributed by atoms with van der Waals surface area (Å²) >= 11 is 0. The summed E-state index contributed by atoms with van der Waals surface area (Å²) in [7, 11) is 1.66. The van der Waals surface area contributed by atoms with Crippen molar-refractivity contribution >= 4 is 5.78 Å². The normalized spacial score (nSPS) is 13.7. The fourth-order valence-electron chi connectivity index (χ4n) is 1.63. The van der Waals surface area contributed by atoms with E-state index >= 15 is 0 Å². The van der Waals surface area contributed by atoms with Gasteiger partial charge in [0.2, 0.25) is 0 Å². The van der Waals surface area contributed by atoms with Crippen LogP contribution in [-0.4, -0.2) is 38.6 Å². The Morgan fingerprint density at radius 1 is 1.47 bits per heavy atom. The Hall–Kier alpha value is -0.450. The van der Waals surface area contributed by atoms with E-state index in [4.69, 9.17) is 10.5 Å². The van der Waals surface area contributed by atoms with E-state index in [0.717, 1.165) is 19.3 Å². The smallest absolute Gasteiger partial charge is 0.155 e. The van der Waals surface area contributed by atoms with E-state index in [1.54, 1.807) is 7.11 Å². The molecule has 0 aromatic carbocycles. The van der Waals surface area contributed by atoms with Crippen LogP contribution in [0.4, 0.5) is 0 Å². The van der Waals surface area contributed by atoms with Gasteiger partial charge < -0.3 is 15.8 Å². The van der Waals surface area contributed by atoms with E-state index in [0.29, 0.717) is 19.7 Å². The molecule has 0 aliphatic heterocycles. The highest BCUT2D eigenvalue weighted by molar-refractivity contribution is 5.89. The topological polar surface area (TPSA) is 64.4 Å². The molecule has 0 bridgehead atoms. The minimum atomic E-state index is -0.265. The van der Waals surface area contributed by atoms with Crippen molar-refractivity contribution in [3.05, 3.63) is 0 Å². The number of Topliss-reactive ketones (excluding diaryl/α,β-unsaturated/α-hetero) is 1. The maximum Gasteiger partial charge on any atom is 0.155 e. The number of carbonyl (C=O) groups excluding carboxylic acids is 1. The van der Waals surface area contributed by atoms with Gasteiger partial charge in [-0.25, -0.2) is 0 Å². The van der Waals surface area contributed by atoms with Crippen molar-refractivity contribution in [1.29, 1.82) is 0 Å². The predicted octanol–water partition coefficient (Wildman–Crippen LogP) is 1.34. The molecule has 0 aliphatic rings. The van der Waals surface area contributed by atoms with Gasteiger partial charge in [-0.15, -0.1) is 0 Å². The molecule has 0 saturated carbocycles. The van der Waals surface area contributed by atoms with Gasteiger partial charge in [-0.3, -0.25) is 4.79 Å². The number of hydrogen-bond donors (Lipinski definition) is 2. The number of carbonyl (C=O) groups is 1. The van der Waals surface area contributed by atoms with Crippen LogP contribution < -0.4 is 11.1 Å². The van der Waals surface area contributed by atoms with Crippen molar-refractivity contribution in [3.63, 3.8) is 0 Å². The Bertz CT molecular complexity index is 217. The average molecular weight is 244 g/mol. The number of ether oxygens (including phenoxy) is 1. The molecule has 0 spiro atoms. The van der Waals surface area contributed by atoms with Gasteiger partial charge in [0, 0.05) is 19.1 Å². The van der Waals surface area contributed by atoms with Gasteiger partial charge in [0.1, 0.15) is 0 Å². The fraction of sp³-hybridized carbons (Fsp3) is 0.923. The van der Waals surface area contributed by atoms with Gasteiger partial charge in [-0.05, 0) is 25.8 Å². The van der Waals surface area contributed by atoms with E-state index in [1.807, 2.05) is 20.8 Å². The minimum Gasteiger partial charge on any atom is -0.383 e. The van der Waals surface area contributed by atoms with Crippen LogP contribution in [0.3, 0.4) is 0 Å². The van der Waals surface area contributed by atoms with Crippen LogP contribution in [0.25, 0.3) is 0 Å². The van der Waals surface area contributed by atoms with Crippen molar-refractivity contribution in [2.45, 2.75) is 46.1 Å². The SMILES string of the molecule is CCC(C)(C)C(=O)C(CCCN)NCCOC. The van der Waals surface area contributed by atoms with Crippen LogP contribution in [0, 0.1) is 5.41 Å². The van der Waals surface area contributed by atoms with Crippen LogP contribution in [-0.2, 0) is 9.53 Å². The van der Waals surface area contributed by atoms with Gasteiger partial charge in [-0.1, -0.05) is 20.8 Å². The molecule has 4 nitrogen and oxygen atoms in total. The summed E-state index contributed by atoms with van der Waals surface area (Å²) in [6.07, 6.45) is 2.54. The summed E-state index contributed by atoms with van der Waals surface area (Å²) in [4.78, 5) is 12.4. The second-order valence-electron chi connectivity index (χ2n) is 5.03. The number of ketones is 1. The molecule has 0 aliphatic carbocycles. The molecule has 1 atom stereocenters. The first kappa shape index (κ1) is 16.6. The molecule has 17 heavy (non-hydrogen) atoms. The zero-order chi connectivity index (χ0) is 13.3. The summed E-state index contributed by atoms with van der Waals surface area (Å²) in [5.74, 6) is 0.282. The van der Waals surface area contributed by atoms with E-state index in [2.05, 4.69) is 5.32 Å². The summed E-state index contributed by atoms with van der Waals surface area (Å²) in [6.45, 7) is 8.01. The molecule has 0 radical (unpaired) electrons.